The highest BCUT2D eigenvalue weighted by molar-refractivity contribution is 6.00. The molecule has 0 unspecified atom stereocenters. The van der Waals surface area contributed by atoms with Crippen LogP contribution in [0, 0.1) is 11.7 Å². The van der Waals surface area contributed by atoms with E-state index in [1.807, 2.05) is 35.2 Å². The van der Waals surface area contributed by atoms with Gasteiger partial charge in [-0.1, -0.05) is 36.4 Å². The molecular weight excluding hydrogens is 357 g/mol. The van der Waals surface area contributed by atoms with Crippen molar-refractivity contribution in [3.63, 3.8) is 0 Å². The van der Waals surface area contributed by atoms with Crippen LogP contribution in [0.25, 0.3) is 0 Å². The Morgan fingerprint density at radius 2 is 1.82 bits per heavy atom. The van der Waals surface area contributed by atoms with Crippen molar-refractivity contribution in [3.8, 4) is 0 Å². The van der Waals surface area contributed by atoms with E-state index in [-0.39, 0.29) is 30.1 Å². The molecule has 146 valence electrons. The fourth-order valence-corrected chi connectivity index (χ4v) is 4.14. The molecule has 0 bridgehead atoms. The van der Waals surface area contributed by atoms with Gasteiger partial charge in [0.25, 0.3) is 0 Å². The number of hydrogen-bond donors (Lipinski definition) is 0. The van der Waals surface area contributed by atoms with Gasteiger partial charge in [0.2, 0.25) is 11.8 Å². The van der Waals surface area contributed by atoms with E-state index in [0.29, 0.717) is 18.8 Å². The van der Waals surface area contributed by atoms with E-state index in [1.165, 1.54) is 17.0 Å². The molecule has 0 radical (unpaired) electrons. The number of halogens is 1. The van der Waals surface area contributed by atoms with Crippen LogP contribution >= 0.6 is 0 Å². The average Bonchev–Trinajstić information content (AvgIpc) is 3.10. The molecule has 2 saturated heterocycles. The van der Waals surface area contributed by atoms with Crippen LogP contribution in [0.3, 0.4) is 0 Å². The van der Waals surface area contributed by atoms with Crippen LogP contribution in [0.15, 0.2) is 54.6 Å². The Labute approximate surface area is 164 Å². The van der Waals surface area contributed by atoms with Crippen molar-refractivity contribution in [1.29, 1.82) is 0 Å². The molecule has 0 spiro atoms. The van der Waals surface area contributed by atoms with Gasteiger partial charge in [0, 0.05) is 38.3 Å². The zero-order chi connectivity index (χ0) is 19.7. The molecule has 2 aliphatic rings. The first-order chi connectivity index (χ1) is 13.5. The van der Waals surface area contributed by atoms with Crippen LogP contribution in [-0.4, -0.2) is 54.8 Å². The molecule has 2 heterocycles. The Balaban J connectivity index is 1.54. The van der Waals surface area contributed by atoms with Crippen LogP contribution in [0.2, 0.25) is 0 Å². The molecule has 5 nitrogen and oxygen atoms in total. The molecule has 28 heavy (non-hydrogen) atoms. The maximum absolute atomic E-state index is 13.6. The molecule has 4 rings (SSSR count). The molecule has 2 aromatic carbocycles. The van der Waals surface area contributed by atoms with Gasteiger partial charge in [0.1, 0.15) is 5.82 Å². The number of amides is 2. The Morgan fingerprint density at radius 3 is 2.57 bits per heavy atom. The summed E-state index contributed by atoms with van der Waals surface area (Å²) in [4.78, 5) is 31.5. The predicted octanol–water partition coefficient (Wildman–Crippen LogP) is 2.69. The maximum atomic E-state index is 13.6. The van der Waals surface area contributed by atoms with Crippen molar-refractivity contribution in [3.05, 3.63) is 66.0 Å². The van der Waals surface area contributed by atoms with E-state index in [1.54, 1.807) is 12.1 Å². The van der Waals surface area contributed by atoms with Crippen molar-refractivity contribution < 1.29 is 14.0 Å². The molecule has 0 aliphatic carbocycles. The van der Waals surface area contributed by atoms with Crippen LogP contribution in [0.4, 0.5) is 10.1 Å². The molecule has 0 saturated carbocycles. The zero-order valence-electron chi connectivity index (χ0n) is 15.9. The number of likely N-dealkylation sites (N-methyl/N-ethyl adjacent to an activating group) is 1. The van der Waals surface area contributed by atoms with Crippen LogP contribution in [0.1, 0.15) is 18.0 Å². The highest BCUT2D eigenvalue weighted by Gasteiger charge is 2.40. The van der Waals surface area contributed by atoms with Gasteiger partial charge < -0.3 is 14.7 Å². The fourth-order valence-electron chi connectivity index (χ4n) is 4.14. The van der Waals surface area contributed by atoms with Gasteiger partial charge >= 0.3 is 0 Å². The summed E-state index contributed by atoms with van der Waals surface area (Å²) in [5.41, 5.74) is 1.62. The average molecular weight is 381 g/mol. The molecule has 0 aromatic heterocycles. The minimum atomic E-state index is -0.398. The smallest absolute Gasteiger partial charge is 0.228 e. The van der Waals surface area contributed by atoms with Gasteiger partial charge in [-0.2, -0.15) is 0 Å². The third-order valence-corrected chi connectivity index (χ3v) is 5.65. The Bertz CT molecular complexity index is 873. The van der Waals surface area contributed by atoms with Gasteiger partial charge in [-0.25, -0.2) is 4.39 Å². The minimum Gasteiger partial charge on any atom is -0.333 e. The van der Waals surface area contributed by atoms with E-state index >= 15 is 0 Å². The fraction of sp³-hybridized carbons (Fsp3) is 0.364. The topological polar surface area (TPSA) is 43.9 Å². The summed E-state index contributed by atoms with van der Waals surface area (Å²) in [7, 11) is 2.06. The van der Waals surface area contributed by atoms with Gasteiger partial charge in [-0.15, -0.1) is 0 Å². The number of anilines is 1. The third kappa shape index (κ3) is 3.64. The van der Waals surface area contributed by atoms with Crippen LogP contribution in [-0.2, 0) is 9.59 Å². The molecule has 2 atom stereocenters. The first-order valence-corrected chi connectivity index (χ1v) is 9.63. The molecule has 2 amide bonds. The first-order valence-electron chi connectivity index (χ1n) is 9.63. The highest BCUT2D eigenvalue weighted by atomic mass is 19.1. The largest absolute Gasteiger partial charge is 0.333 e. The van der Waals surface area contributed by atoms with Crippen molar-refractivity contribution in [2.75, 3.05) is 38.1 Å². The summed E-state index contributed by atoms with van der Waals surface area (Å²) >= 11 is 0. The third-order valence-electron chi connectivity index (χ3n) is 5.65. The van der Waals surface area contributed by atoms with Crippen molar-refractivity contribution in [2.24, 2.45) is 5.92 Å². The highest BCUT2D eigenvalue weighted by Crippen LogP contribution is 2.31. The normalized spacial score (nSPS) is 23.3. The SMILES string of the molecule is CN1CCN(C(=O)[C@@H]2CC(=O)N(c3cccc(F)c3)C2)[C@@H](c2ccccc2)C1. The lowest BCUT2D eigenvalue weighted by molar-refractivity contribution is -0.140. The molecule has 0 N–H and O–H groups in total. The van der Waals surface area contributed by atoms with Crippen molar-refractivity contribution >= 4 is 17.5 Å². The number of hydrogen-bond acceptors (Lipinski definition) is 3. The van der Waals surface area contributed by atoms with Crippen LogP contribution in [0.5, 0.6) is 0 Å². The lowest BCUT2D eigenvalue weighted by Gasteiger charge is -2.41. The summed E-state index contributed by atoms with van der Waals surface area (Å²) in [6.45, 7) is 2.52. The van der Waals surface area contributed by atoms with Crippen LogP contribution < -0.4 is 4.90 Å². The maximum Gasteiger partial charge on any atom is 0.228 e. The molecule has 2 aromatic rings. The first kappa shape index (κ1) is 18.6. The van der Waals surface area contributed by atoms with Gasteiger partial charge in [0.05, 0.1) is 12.0 Å². The minimum absolute atomic E-state index is 0.00852. The number of carbonyl (C=O) groups excluding carboxylic acids is 2. The molecule has 6 heteroatoms. The van der Waals surface area contributed by atoms with Crippen molar-refractivity contribution in [1.82, 2.24) is 9.80 Å². The second-order valence-electron chi connectivity index (χ2n) is 7.61. The molecular formula is C22H24FN3O2. The number of nitrogens with zero attached hydrogens (tertiary/aromatic N) is 3. The number of piperazine rings is 1. The standard InChI is InChI=1S/C22H24FN3O2/c1-24-10-11-25(20(15-24)16-6-3-2-4-7-16)22(28)17-12-21(27)26(14-17)19-9-5-8-18(23)13-19/h2-9,13,17,20H,10-12,14-15H2,1H3/t17-,20-/m1/s1. The lowest BCUT2D eigenvalue weighted by Crippen LogP contribution is -2.51. The Kier molecular flexibility index (Phi) is 5.13. The Morgan fingerprint density at radius 1 is 1.04 bits per heavy atom. The predicted molar refractivity (Wildman–Crippen MR) is 105 cm³/mol. The summed E-state index contributed by atoms with van der Waals surface area (Å²) in [5.74, 6) is -0.905. The van der Waals surface area contributed by atoms with E-state index < -0.39 is 5.92 Å². The summed E-state index contributed by atoms with van der Waals surface area (Å²) in [6.07, 6.45) is 0.170. The molecule has 2 fully saturated rings. The van der Waals surface area contributed by atoms with E-state index in [4.69, 9.17) is 0 Å². The quantitative estimate of drug-likeness (QED) is 0.821. The summed E-state index contributed by atoms with van der Waals surface area (Å²) in [6, 6.07) is 16.0. The zero-order valence-corrected chi connectivity index (χ0v) is 15.9. The number of carbonyl (C=O) groups is 2. The van der Waals surface area contributed by atoms with Gasteiger partial charge in [-0.05, 0) is 30.8 Å². The summed E-state index contributed by atoms with van der Waals surface area (Å²) in [5, 5.41) is 0. The second-order valence-corrected chi connectivity index (χ2v) is 7.61. The van der Waals surface area contributed by atoms with Gasteiger partial charge in [0.15, 0.2) is 0 Å². The van der Waals surface area contributed by atoms with Crippen molar-refractivity contribution in [2.45, 2.75) is 12.5 Å². The summed E-state index contributed by atoms with van der Waals surface area (Å²) < 4.78 is 13.6. The lowest BCUT2D eigenvalue weighted by atomic mass is 9.99. The van der Waals surface area contributed by atoms with E-state index in [9.17, 15) is 14.0 Å². The molecule has 2 aliphatic heterocycles. The monoisotopic (exact) mass is 381 g/mol. The Hall–Kier alpha value is -2.73. The van der Waals surface area contributed by atoms with Gasteiger partial charge in [-0.3, -0.25) is 9.59 Å². The van der Waals surface area contributed by atoms with E-state index in [0.717, 1.165) is 18.7 Å². The number of rotatable bonds is 3. The van der Waals surface area contributed by atoms with E-state index in [2.05, 4.69) is 11.9 Å². The number of benzene rings is 2. The second kappa shape index (κ2) is 7.72.